The predicted octanol–water partition coefficient (Wildman–Crippen LogP) is 1.50. The van der Waals surface area contributed by atoms with Gasteiger partial charge in [-0.05, 0) is 25.8 Å². The largest absolute Gasteiger partial charge is 0.369 e. The standard InChI is InChI=1S/C14H29N3O/c1-2-3-4-5-6-9-16-13-7-10-17(11-8-13)12-14(15)18/h13,16H,2-12H2,1H3,(H2,15,18). The van der Waals surface area contributed by atoms with Gasteiger partial charge in [-0.2, -0.15) is 0 Å². The number of nitrogens with two attached hydrogens (primary N) is 1. The number of piperidine rings is 1. The first-order valence-electron chi connectivity index (χ1n) is 7.46. The average Bonchev–Trinajstić information content (AvgIpc) is 2.35. The lowest BCUT2D eigenvalue weighted by Crippen LogP contribution is -2.45. The minimum atomic E-state index is -0.211. The lowest BCUT2D eigenvalue weighted by Gasteiger charge is -2.31. The van der Waals surface area contributed by atoms with Crippen molar-refractivity contribution < 1.29 is 4.79 Å². The molecule has 0 aromatic heterocycles. The number of unbranched alkanes of at least 4 members (excludes halogenated alkanes) is 4. The van der Waals surface area contributed by atoms with Crippen LogP contribution in [0.5, 0.6) is 0 Å². The first-order chi connectivity index (χ1) is 8.72. The summed E-state index contributed by atoms with van der Waals surface area (Å²) in [5.74, 6) is -0.211. The molecule has 1 amide bonds. The summed E-state index contributed by atoms with van der Waals surface area (Å²) in [6.07, 6.45) is 8.97. The van der Waals surface area contributed by atoms with Gasteiger partial charge < -0.3 is 11.1 Å². The first-order valence-corrected chi connectivity index (χ1v) is 7.46. The van der Waals surface area contributed by atoms with Gasteiger partial charge in [0.15, 0.2) is 0 Å². The highest BCUT2D eigenvalue weighted by atomic mass is 16.1. The molecular formula is C14H29N3O. The molecule has 0 radical (unpaired) electrons. The maximum atomic E-state index is 10.8. The molecule has 3 N–H and O–H groups in total. The zero-order valence-electron chi connectivity index (χ0n) is 11.8. The van der Waals surface area contributed by atoms with E-state index < -0.39 is 0 Å². The maximum absolute atomic E-state index is 10.8. The number of hydrogen-bond donors (Lipinski definition) is 2. The van der Waals surface area contributed by atoms with Crippen molar-refractivity contribution in [2.75, 3.05) is 26.2 Å². The van der Waals surface area contributed by atoms with Crippen LogP contribution < -0.4 is 11.1 Å². The SMILES string of the molecule is CCCCCCCNC1CCN(CC(N)=O)CC1. The molecule has 4 heteroatoms. The van der Waals surface area contributed by atoms with E-state index in [4.69, 9.17) is 5.73 Å². The van der Waals surface area contributed by atoms with Crippen LogP contribution in [0.15, 0.2) is 0 Å². The van der Waals surface area contributed by atoms with Gasteiger partial charge in [0.1, 0.15) is 0 Å². The molecule has 0 atom stereocenters. The summed E-state index contributed by atoms with van der Waals surface area (Å²) in [6, 6.07) is 0.639. The molecule has 1 rings (SSSR count). The second-order valence-corrected chi connectivity index (χ2v) is 5.39. The predicted molar refractivity (Wildman–Crippen MR) is 75.4 cm³/mol. The van der Waals surface area contributed by atoms with Crippen molar-refractivity contribution in [1.29, 1.82) is 0 Å². The van der Waals surface area contributed by atoms with Crippen LogP contribution in [-0.2, 0) is 4.79 Å². The van der Waals surface area contributed by atoms with Gasteiger partial charge in [-0.25, -0.2) is 0 Å². The highest BCUT2D eigenvalue weighted by Crippen LogP contribution is 2.10. The topological polar surface area (TPSA) is 58.4 Å². The molecule has 0 aliphatic carbocycles. The van der Waals surface area contributed by atoms with Crippen LogP contribution >= 0.6 is 0 Å². The van der Waals surface area contributed by atoms with Crippen molar-refractivity contribution in [2.45, 2.75) is 57.9 Å². The number of nitrogens with one attached hydrogen (secondary N) is 1. The summed E-state index contributed by atoms with van der Waals surface area (Å²) in [5, 5.41) is 3.63. The average molecular weight is 255 g/mol. The summed E-state index contributed by atoms with van der Waals surface area (Å²) in [4.78, 5) is 13.0. The summed E-state index contributed by atoms with van der Waals surface area (Å²) in [6.45, 7) is 5.80. The Hall–Kier alpha value is -0.610. The second kappa shape index (κ2) is 9.34. The molecular weight excluding hydrogens is 226 g/mol. The Morgan fingerprint density at radius 2 is 1.89 bits per heavy atom. The van der Waals surface area contributed by atoms with E-state index in [0.29, 0.717) is 12.6 Å². The van der Waals surface area contributed by atoms with E-state index in [1.54, 1.807) is 0 Å². The quantitative estimate of drug-likeness (QED) is 0.614. The third kappa shape index (κ3) is 6.97. The molecule has 4 nitrogen and oxygen atoms in total. The van der Waals surface area contributed by atoms with Gasteiger partial charge in [0.05, 0.1) is 6.54 Å². The van der Waals surface area contributed by atoms with Gasteiger partial charge >= 0.3 is 0 Å². The van der Waals surface area contributed by atoms with Crippen molar-refractivity contribution in [1.82, 2.24) is 10.2 Å². The van der Waals surface area contributed by atoms with Crippen molar-refractivity contribution in [3.8, 4) is 0 Å². The van der Waals surface area contributed by atoms with E-state index >= 15 is 0 Å². The Kier molecular flexibility index (Phi) is 8.01. The molecule has 1 fully saturated rings. The molecule has 0 aromatic carbocycles. The van der Waals surface area contributed by atoms with Gasteiger partial charge in [-0.3, -0.25) is 9.69 Å². The Morgan fingerprint density at radius 3 is 2.50 bits per heavy atom. The number of nitrogens with zero attached hydrogens (tertiary/aromatic N) is 1. The van der Waals surface area contributed by atoms with Crippen LogP contribution in [-0.4, -0.2) is 43.0 Å². The van der Waals surface area contributed by atoms with Crippen molar-refractivity contribution in [2.24, 2.45) is 5.73 Å². The molecule has 1 saturated heterocycles. The number of carbonyl (C=O) groups excluding carboxylic acids is 1. The van der Waals surface area contributed by atoms with Crippen LogP contribution in [0.3, 0.4) is 0 Å². The van der Waals surface area contributed by atoms with E-state index in [1.807, 2.05) is 0 Å². The Bertz CT molecular complexity index is 225. The molecule has 106 valence electrons. The normalized spacial score (nSPS) is 18.1. The first kappa shape index (κ1) is 15.4. The summed E-state index contributed by atoms with van der Waals surface area (Å²) >= 11 is 0. The summed E-state index contributed by atoms with van der Waals surface area (Å²) in [7, 11) is 0. The third-order valence-corrected chi connectivity index (χ3v) is 3.68. The summed E-state index contributed by atoms with van der Waals surface area (Å²) < 4.78 is 0. The smallest absolute Gasteiger partial charge is 0.231 e. The van der Waals surface area contributed by atoms with E-state index in [1.165, 1.54) is 32.1 Å². The molecule has 1 aliphatic rings. The van der Waals surface area contributed by atoms with Crippen molar-refractivity contribution in [3.05, 3.63) is 0 Å². The van der Waals surface area contributed by atoms with Gasteiger partial charge in [0.25, 0.3) is 0 Å². The fraction of sp³-hybridized carbons (Fsp3) is 0.929. The Balaban J connectivity index is 1.97. The van der Waals surface area contributed by atoms with Crippen LogP contribution in [0.25, 0.3) is 0 Å². The minimum Gasteiger partial charge on any atom is -0.369 e. The number of amides is 1. The molecule has 0 spiro atoms. The van der Waals surface area contributed by atoms with Crippen molar-refractivity contribution in [3.63, 3.8) is 0 Å². The minimum absolute atomic E-state index is 0.211. The molecule has 1 aliphatic heterocycles. The Morgan fingerprint density at radius 1 is 1.22 bits per heavy atom. The number of hydrogen-bond acceptors (Lipinski definition) is 3. The molecule has 1 heterocycles. The van der Waals surface area contributed by atoms with Gasteiger partial charge in [-0.15, -0.1) is 0 Å². The van der Waals surface area contributed by atoms with Crippen LogP contribution in [0.1, 0.15) is 51.9 Å². The van der Waals surface area contributed by atoms with Crippen LogP contribution in [0.2, 0.25) is 0 Å². The number of primary amides is 1. The van der Waals surface area contributed by atoms with E-state index in [0.717, 1.165) is 32.5 Å². The maximum Gasteiger partial charge on any atom is 0.231 e. The lowest BCUT2D eigenvalue weighted by molar-refractivity contribution is -0.119. The van der Waals surface area contributed by atoms with Crippen LogP contribution in [0.4, 0.5) is 0 Å². The van der Waals surface area contributed by atoms with E-state index in [-0.39, 0.29) is 5.91 Å². The highest BCUT2D eigenvalue weighted by molar-refractivity contribution is 5.75. The summed E-state index contributed by atoms with van der Waals surface area (Å²) in [5.41, 5.74) is 5.20. The number of rotatable bonds is 9. The number of likely N-dealkylation sites (tertiary alicyclic amines) is 1. The molecule has 0 saturated carbocycles. The molecule has 18 heavy (non-hydrogen) atoms. The van der Waals surface area contributed by atoms with Gasteiger partial charge in [-0.1, -0.05) is 32.6 Å². The second-order valence-electron chi connectivity index (χ2n) is 5.39. The molecule has 0 unspecified atom stereocenters. The fourth-order valence-electron chi connectivity index (χ4n) is 2.55. The van der Waals surface area contributed by atoms with Gasteiger partial charge in [0, 0.05) is 19.1 Å². The number of carbonyl (C=O) groups is 1. The van der Waals surface area contributed by atoms with Crippen molar-refractivity contribution >= 4 is 5.91 Å². The lowest BCUT2D eigenvalue weighted by atomic mass is 10.0. The van der Waals surface area contributed by atoms with Crippen LogP contribution in [0, 0.1) is 0 Å². The zero-order chi connectivity index (χ0) is 13.2. The molecule has 0 bridgehead atoms. The third-order valence-electron chi connectivity index (χ3n) is 3.68. The highest BCUT2D eigenvalue weighted by Gasteiger charge is 2.19. The van der Waals surface area contributed by atoms with E-state index in [2.05, 4.69) is 17.1 Å². The van der Waals surface area contributed by atoms with Gasteiger partial charge in [0.2, 0.25) is 5.91 Å². The monoisotopic (exact) mass is 255 g/mol. The zero-order valence-corrected chi connectivity index (χ0v) is 11.8. The Labute approximate surface area is 111 Å². The van der Waals surface area contributed by atoms with E-state index in [9.17, 15) is 4.79 Å². The molecule has 0 aromatic rings. The fourth-order valence-corrected chi connectivity index (χ4v) is 2.55.